The quantitative estimate of drug-likeness (QED) is 0.639. The van der Waals surface area contributed by atoms with E-state index in [2.05, 4.69) is 46.2 Å². The zero-order chi connectivity index (χ0) is 18.7. The lowest BCUT2D eigenvalue weighted by molar-refractivity contribution is -0.127. The molecular weight excluding hydrogens is 348 g/mol. The number of thioether (sulfide) groups is 1. The van der Waals surface area contributed by atoms with Crippen molar-refractivity contribution in [2.24, 2.45) is 0 Å². The van der Waals surface area contributed by atoms with Crippen molar-refractivity contribution in [3.63, 3.8) is 0 Å². The molecule has 0 aliphatic carbocycles. The largest absolute Gasteiger partial charge is 0.343 e. The summed E-state index contributed by atoms with van der Waals surface area (Å²) in [4.78, 5) is 34.9. The lowest BCUT2D eigenvalue weighted by atomic mass is 9.94. The molecule has 0 fully saturated rings. The van der Waals surface area contributed by atoms with Crippen LogP contribution in [-0.4, -0.2) is 58.1 Å². The number of fused-ring (bicyclic) bond motifs is 1. The van der Waals surface area contributed by atoms with E-state index in [9.17, 15) is 9.59 Å². The van der Waals surface area contributed by atoms with Crippen molar-refractivity contribution in [1.29, 1.82) is 0 Å². The van der Waals surface area contributed by atoms with Crippen molar-refractivity contribution in [1.82, 2.24) is 19.8 Å². The summed E-state index contributed by atoms with van der Waals surface area (Å²) in [7, 11) is 3.94. The predicted octanol–water partition coefficient (Wildman–Crippen LogP) is 1.69. The van der Waals surface area contributed by atoms with Gasteiger partial charge in [0.2, 0.25) is 5.91 Å². The third-order valence-corrected chi connectivity index (χ3v) is 5.57. The first-order valence-electron chi connectivity index (χ1n) is 8.64. The van der Waals surface area contributed by atoms with E-state index < -0.39 is 0 Å². The molecule has 26 heavy (non-hydrogen) atoms. The van der Waals surface area contributed by atoms with Crippen LogP contribution in [0.4, 0.5) is 0 Å². The van der Waals surface area contributed by atoms with E-state index in [4.69, 9.17) is 0 Å². The van der Waals surface area contributed by atoms with Gasteiger partial charge in [-0.3, -0.25) is 14.5 Å². The summed E-state index contributed by atoms with van der Waals surface area (Å²) in [5, 5.41) is 0.487. The van der Waals surface area contributed by atoms with Crippen molar-refractivity contribution in [2.45, 2.75) is 31.1 Å². The van der Waals surface area contributed by atoms with Gasteiger partial charge in [-0.2, -0.15) is 0 Å². The van der Waals surface area contributed by atoms with E-state index in [0.29, 0.717) is 23.4 Å². The molecule has 1 atom stereocenters. The Kier molecular flexibility index (Phi) is 5.78. The highest BCUT2D eigenvalue weighted by atomic mass is 32.2. The molecule has 2 heterocycles. The zero-order valence-corrected chi connectivity index (χ0v) is 16.2. The van der Waals surface area contributed by atoms with Crippen LogP contribution in [0.1, 0.15) is 16.8 Å². The molecule has 1 aliphatic heterocycles. The molecule has 0 radical (unpaired) electrons. The molecule has 3 rings (SSSR count). The third kappa shape index (κ3) is 4.53. The standard InChI is InChI=1S/C19H24N4O2S/c1-13-8-17(24)21-19(20-13)26-12-18(25)23(3)11-16-9-14-6-4-5-7-15(14)10-22(16)2/h4-8,16H,9-12H2,1-3H3,(H,20,21,24)/t16-/m1/s1. The number of aromatic nitrogens is 2. The first-order chi connectivity index (χ1) is 12.4. The number of likely N-dealkylation sites (N-methyl/N-ethyl adjacent to an activating group) is 2. The summed E-state index contributed by atoms with van der Waals surface area (Å²) in [6, 6.07) is 10.2. The minimum atomic E-state index is -0.191. The number of hydrogen-bond acceptors (Lipinski definition) is 5. The third-order valence-electron chi connectivity index (χ3n) is 4.71. The second-order valence-electron chi connectivity index (χ2n) is 6.80. The minimum Gasteiger partial charge on any atom is -0.343 e. The maximum absolute atomic E-state index is 12.5. The number of nitrogens with zero attached hydrogens (tertiary/aromatic N) is 3. The second-order valence-corrected chi connectivity index (χ2v) is 7.76. The molecule has 138 valence electrons. The zero-order valence-electron chi connectivity index (χ0n) is 15.4. The Morgan fingerprint density at radius 2 is 2.12 bits per heavy atom. The van der Waals surface area contributed by atoms with Gasteiger partial charge < -0.3 is 9.88 Å². The molecule has 2 aromatic rings. The summed E-state index contributed by atoms with van der Waals surface area (Å²) < 4.78 is 0. The van der Waals surface area contributed by atoms with Gasteiger partial charge in [-0.1, -0.05) is 36.0 Å². The normalized spacial score (nSPS) is 17.0. The molecule has 0 saturated carbocycles. The van der Waals surface area contributed by atoms with Gasteiger partial charge in [0.15, 0.2) is 5.16 Å². The Hall–Kier alpha value is -2.12. The van der Waals surface area contributed by atoms with Gasteiger partial charge >= 0.3 is 0 Å². The van der Waals surface area contributed by atoms with Crippen LogP contribution in [0.15, 0.2) is 40.3 Å². The number of aryl methyl sites for hydroxylation is 1. The SMILES string of the molecule is Cc1cc(=O)[nH]c(SCC(=O)N(C)C[C@H]2Cc3ccccc3CN2C)n1. The average Bonchev–Trinajstić information content (AvgIpc) is 2.59. The molecule has 1 aromatic carbocycles. The molecule has 7 heteroatoms. The van der Waals surface area contributed by atoms with Gasteiger partial charge in [-0.05, 0) is 31.5 Å². The first-order valence-corrected chi connectivity index (χ1v) is 9.62. The summed E-state index contributed by atoms with van der Waals surface area (Å²) in [6.45, 7) is 3.36. The van der Waals surface area contributed by atoms with Gasteiger partial charge in [-0.15, -0.1) is 0 Å². The smallest absolute Gasteiger partial charge is 0.251 e. The van der Waals surface area contributed by atoms with Crippen LogP contribution in [-0.2, 0) is 17.8 Å². The number of nitrogens with one attached hydrogen (secondary N) is 1. The number of hydrogen-bond donors (Lipinski definition) is 1. The molecule has 1 aliphatic rings. The fraction of sp³-hybridized carbons (Fsp3) is 0.421. The van der Waals surface area contributed by atoms with Gasteiger partial charge in [0.05, 0.1) is 5.75 Å². The van der Waals surface area contributed by atoms with Crippen LogP contribution in [0.3, 0.4) is 0 Å². The van der Waals surface area contributed by atoms with Crippen molar-refractivity contribution < 1.29 is 4.79 Å². The minimum absolute atomic E-state index is 0.0337. The van der Waals surface area contributed by atoms with Crippen molar-refractivity contribution in [3.8, 4) is 0 Å². The predicted molar refractivity (Wildman–Crippen MR) is 103 cm³/mol. The monoisotopic (exact) mass is 372 g/mol. The lowest BCUT2D eigenvalue weighted by Crippen LogP contribution is -2.46. The maximum Gasteiger partial charge on any atom is 0.251 e. The maximum atomic E-state index is 12.5. The van der Waals surface area contributed by atoms with E-state index >= 15 is 0 Å². The van der Waals surface area contributed by atoms with Gasteiger partial charge in [0.1, 0.15) is 0 Å². The lowest BCUT2D eigenvalue weighted by Gasteiger charge is -2.36. The fourth-order valence-electron chi connectivity index (χ4n) is 3.20. The number of aromatic amines is 1. The van der Waals surface area contributed by atoms with E-state index in [0.717, 1.165) is 13.0 Å². The molecule has 6 nitrogen and oxygen atoms in total. The Morgan fingerprint density at radius 1 is 1.38 bits per heavy atom. The Balaban J connectivity index is 1.56. The van der Waals surface area contributed by atoms with Gasteiger partial charge in [0, 0.05) is 37.9 Å². The van der Waals surface area contributed by atoms with Crippen LogP contribution in [0.2, 0.25) is 0 Å². The van der Waals surface area contributed by atoms with Crippen LogP contribution >= 0.6 is 11.8 Å². The van der Waals surface area contributed by atoms with E-state index in [1.54, 1.807) is 11.8 Å². The van der Waals surface area contributed by atoms with Crippen LogP contribution in [0.5, 0.6) is 0 Å². The Labute approximate surface area is 157 Å². The molecule has 1 N–H and O–H groups in total. The highest BCUT2D eigenvalue weighted by Crippen LogP contribution is 2.22. The topological polar surface area (TPSA) is 69.3 Å². The molecule has 0 saturated heterocycles. The summed E-state index contributed by atoms with van der Waals surface area (Å²) >= 11 is 1.27. The fourth-order valence-corrected chi connectivity index (χ4v) is 4.06. The number of carbonyl (C=O) groups is 1. The summed E-state index contributed by atoms with van der Waals surface area (Å²) in [6.07, 6.45) is 0.949. The van der Waals surface area contributed by atoms with Crippen LogP contribution in [0.25, 0.3) is 0 Å². The molecular formula is C19H24N4O2S. The first kappa shape index (κ1) is 18.7. The number of amides is 1. The van der Waals surface area contributed by atoms with Gasteiger partial charge in [0.25, 0.3) is 5.56 Å². The van der Waals surface area contributed by atoms with Crippen molar-refractivity contribution in [3.05, 3.63) is 57.5 Å². The van der Waals surface area contributed by atoms with E-state index in [1.165, 1.54) is 29.0 Å². The van der Waals surface area contributed by atoms with Crippen molar-refractivity contribution in [2.75, 3.05) is 26.4 Å². The molecule has 0 spiro atoms. The highest BCUT2D eigenvalue weighted by Gasteiger charge is 2.25. The van der Waals surface area contributed by atoms with Gasteiger partial charge in [-0.25, -0.2) is 4.98 Å². The molecule has 1 amide bonds. The van der Waals surface area contributed by atoms with Crippen molar-refractivity contribution >= 4 is 17.7 Å². The van der Waals surface area contributed by atoms with Crippen LogP contribution < -0.4 is 5.56 Å². The highest BCUT2D eigenvalue weighted by molar-refractivity contribution is 7.99. The number of H-pyrrole nitrogens is 1. The molecule has 0 unspecified atom stereocenters. The molecule has 1 aromatic heterocycles. The Morgan fingerprint density at radius 3 is 2.85 bits per heavy atom. The summed E-state index contributed by atoms with van der Waals surface area (Å²) in [5.41, 5.74) is 3.19. The second kappa shape index (κ2) is 8.05. The summed E-state index contributed by atoms with van der Waals surface area (Å²) in [5.74, 6) is 0.294. The average molecular weight is 372 g/mol. The van der Waals surface area contributed by atoms with E-state index in [1.807, 2.05) is 7.05 Å². The molecule has 0 bridgehead atoms. The number of carbonyl (C=O) groups excluding carboxylic acids is 1. The Bertz CT molecular complexity index is 851. The number of benzene rings is 1. The number of rotatable bonds is 5. The van der Waals surface area contributed by atoms with E-state index in [-0.39, 0.29) is 17.2 Å². The van der Waals surface area contributed by atoms with Crippen LogP contribution in [0, 0.1) is 6.92 Å².